The normalized spacial score (nSPS) is 10.9. The van der Waals surface area contributed by atoms with Gasteiger partial charge in [0.05, 0.1) is 0 Å². The molecule has 0 saturated heterocycles. The first-order valence-corrected chi connectivity index (χ1v) is 10.3. The molecule has 3 rings (SSSR count). The largest absolute Gasteiger partial charge is 0.489 e. The van der Waals surface area contributed by atoms with Gasteiger partial charge in [0.25, 0.3) is 5.91 Å². The van der Waals surface area contributed by atoms with Crippen molar-refractivity contribution in [2.75, 3.05) is 5.32 Å². The molecule has 1 N–H and O–H groups in total. The number of ether oxygens (including phenoxy) is 1. The highest BCUT2D eigenvalue weighted by Crippen LogP contribution is 2.24. The van der Waals surface area contributed by atoms with Crippen molar-refractivity contribution in [2.24, 2.45) is 0 Å². The lowest BCUT2D eigenvalue weighted by molar-refractivity contribution is -0.112. The summed E-state index contributed by atoms with van der Waals surface area (Å²) < 4.78 is 6.80. The molecule has 3 aromatic rings. The van der Waals surface area contributed by atoms with Gasteiger partial charge in [-0.3, -0.25) is 4.79 Å². The lowest BCUT2D eigenvalue weighted by atomic mass is 10.1. The van der Waals surface area contributed by atoms with Gasteiger partial charge in [0.15, 0.2) is 0 Å². The van der Waals surface area contributed by atoms with Gasteiger partial charge in [-0.05, 0) is 66.1 Å². The number of hydrogen-bond acceptors (Lipinski definition) is 3. The number of anilines is 1. The molecule has 0 atom stereocenters. The van der Waals surface area contributed by atoms with Gasteiger partial charge >= 0.3 is 0 Å². The third-order valence-electron chi connectivity index (χ3n) is 4.39. The van der Waals surface area contributed by atoms with Crippen molar-refractivity contribution in [1.82, 2.24) is 0 Å². The van der Waals surface area contributed by atoms with E-state index in [9.17, 15) is 10.1 Å². The summed E-state index contributed by atoms with van der Waals surface area (Å²) in [4.78, 5) is 12.5. The SMILES string of the molecule is Cc1c(Cl)cccc1NC(=O)/C(C#N)=C/c1ccc(OCc2ccc(Br)cc2)cc1. The highest BCUT2D eigenvalue weighted by molar-refractivity contribution is 9.10. The number of amides is 1. The molecule has 0 radical (unpaired) electrons. The van der Waals surface area contributed by atoms with Crippen molar-refractivity contribution >= 4 is 45.2 Å². The molecular weight excluding hydrogens is 464 g/mol. The van der Waals surface area contributed by atoms with Crippen LogP contribution in [-0.4, -0.2) is 5.91 Å². The van der Waals surface area contributed by atoms with Gasteiger partial charge in [-0.15, -0.1) is 0 Å². The fourth-order valence-corrected chi connectivity index (χ4v) is 3.09. The van der Waals surface area contributed by atoms with Crippen LogP contribution in [0, 0.1) is 18.3 Å². The van der Waals surface area contributed by atoms with E-state index in [0.29, 0.717) is 23.1 Å². The van der Waals surface area contributed by atoms with Crippen LogP contribution in [0.3, 0.4) is 0 Å². The van der Waals surface area contributed by atoms with Crippen molar-refractivity contribution in [2.45, 2.75) is 13.5 Å². The van der Waals surface area contributed by atoms with E-state index in [1.165, 1.54) is 6.08 Å². The number of carbonyl (C=O) groups is 1. The molecule has 0 bridgehead atoms. The first-order valence-electron chi connectivity index (χ1n) is 9.12. The van der Waals surface area contributed by atoms with Crippen LogP contribution in [-0.2, 0) is 11.4 Å². The Bertz CT molecular complexity index is 1120. The molecule has 4 nitrogen and oxygen atoms in total. The molecule has 0 spiro atoms. The Kier molecular flexibility index (Phi) is 7.29. The van der Waals surface area contributed by atoms with Crippen LogP contribution in [0.15, 0.2) is 76.8 Å². The van der Waals surface area contributed by atoms with Gasteiger partial charge < -0.3 is 10.1 Å². The summed E-state index contributed by atoms with van der Waals surface area (Å²) >= 11 is 9.49. The van der Waals surface area contributed by atoms with E-state index < -0.39 is 5.91 Å². The highest BCUT2D eigenvalue weighted by atomic mass is 79.9. The number of rotatable bonds is 6. The van der Waals surface area contributed by atoms with Crippen LogP contribution in [0.5, 0.6) is 5.75 Å². The molecule has 30 heavy (non-hydrogen) atoms. The molecule has 0 aromatic heterocycles. The molecule has 150 valence electrons. The molecule has 6 heteroatoms. The smallest absolute Gasteiger partial charge is 0.266 e. The summed E-state index contributed by atoms with van der Waals surface area (Å²) in [6, 6.07) is 22.3. The first-order chi connectivity index (χ1) is 14.5. The average Bonchev–Trinajstić information content (AvgIpc) is 2.75. The number of hydrogen-bond donors (Lipinski definition) is 1. The van der Waals surface area contributed by atoms with Crippen LogP contribution in [0.25, 0.3) is 6.08 Å². The highest BCUT2D eigenvalue weighted by Gasteiger charge is 2.12. The maximum atomic E-state index is 12.5. The molecule has 0 unspecified atom stereocenters. The second-order valence-electron chi connectivity index (χ2n) is 6.52. The van der Waals surface area contributed by atoms with Crippen molar-refractivity contribution in [3.63, 3.8) is 0 Å². The molecule has 0 aliphatic carbocycles. The monoisotopic (exact) mass is 480 g/mol. The van der Waals surface area contributed by atoms with Gasteiger partial charge in [-0.2, -0.15) is 5.26 Å². The zero-order valence-electron chi connectivity index (χ0n) is 16.2. The molecule has 0 aliphatic rings. The molecule has 3 aromatic carbocycles. The number of carbonyl (C=O) groups excluding carboxylic acids is 1. The summed E-state index contributed by atoms with van der Waals surface area (Å²) in [6.45, 7) is 2.26. The predicted molar refractivity (Wildman–Crippen MR) is 123 cm³/mol. The third kappa shape index (κ3) is 5.73. The minimum absolute atomic E-state index is 0.00194. The van der Waals surface area contributed by atoms with E-state index in [1.807, 2.05) is 30.3 Å². The van der Waals surface area contributed by atoms with Gasteiger partial charge in [0.1, 0.15) is 24.0 Å². The Morgan fingerprint density at radius 3 is 2.50 bits per heavy atom. The molecular formula is C24H18BrClN2O2. The molecule has 0 aliphatic heterocycles. The number of nitriles is 1. The quantitative estimate of drug-likeness (QED) is 0.321. The second-order valence-corrected chi connectivity index (χ2v) is 7.84. The lowest BCUT2D eigenvalue weighted by Gasteiger charge is -2.09. The molecule has 0 heterocycles. The first kappa shape index (κ1) is 21.6. The van der Waals surface area contributed by atoms with Crippen molar-refractivity contribution in [1.29, 1.82) is 5.26 Å². The van der Waals surface area contributed by atoms with Crippen LogP contribution < -0.4 is 10.1 Å². The minimum Gasteiger partial charge on any atom is -0.489 e. The second kappa shape index (κ2) is 10.1. The Morgan fingerprint density at radius 1 is 1.13 bits per heavy atom. The Balaban J connectivity index is 1.66. The predicted octanol–water partition coefficient (Wildman–Crippen LogP) is 6.54. The topological polar surface area (TPSA) is 62.1 Å². The standard InChI is InChI=1S/C24H18BrClN2O2/c1-16-22(26)3-2-4-23(16)28-24(29)19(14-27)13-17-7-11-21(12-8-17)30-15-18-5-9-20(25)10-6-18/h2-13H,15H2,1H3,(H,28,29)/b19-13+. The Morgan fingerprint density at radius 2 is 1.83 bits per heavy atom. The zero-order chi connectivity index (χ0) is 21.5. The maximum Gasteiger partial charge on any atom is 0.266 e. The zero-order valence-corrected chi connectivity index (χ0v) is 18.5. The molecule has 0 fully saturated rings. The minimum atomic E-state index is -0.488. The summed E-state index contributed by atoms with van der Waals surface area (Å²) in [7, 11) is 0. The van der Waals surface area contributed by atoms with Gasteiger partial charge in [-0.1, -0.05) is 57.9 Å². The van der Waals surface area contributed by atoms with Crippen LogP contribution in [0.2, 0.25) is 5.02 Å². The number of benzene rings is 3. The van der Waals surface area contributed by atoms with E-state index in [2.05, 4.69) is 21.2 Å². The van der Waals surface area contributed by atoms with Gasteiger partial charge in [-0.25, -0.2) is 0 Å². The van der Waals surface area contributed by atoms with Crippen molar-refractivity contribution in [3.8, 4) is 11.8 Å². The van der Waals surface area contributed by atoms with E-state index in [0.717, 1.165) is 21.2 Å². The van der Waals surface area contributed by atoms with Crippen molar-refractivity contribution in [3.05, 3.63) is 98.5 Å². The average molecular weight is 482 g/mol. The Hall–Kier alpha value is -3.07. The lowest BCUT2D eigenvalue weighted by Crippen LogP contribution is -2.14. The fraction of sp³-hybridized carbons (Fsp3) is 0.0833. The summed E-state index contributed by atoms with van der Waals surface area (Å²) in [5, 5.41) is 12.7. The van der Waals surface area contributed by atoms with E-state index in [-0.39, 0.29) is 5.57 Å². The van der Waals surface area contributed by atoms with Crippen LogP contribution in [0.4, 0.5) is 5.69 Å². The van der Waals surface area contributed by atoms with Crippen LogP contribution in [0.1, 0.15) is 16.7 Å². The van der Waals surface area contributed by atoms with Gasteiger partial charge in [0, 0.05) is 15.2 Å². The summed E-state index contributed by atoms with van der Waals surface area (Å²) in [5.74, 6) is 0.214. The van der Waals surface area contributed by atoms with Gasteiger partial charge in [0.2, 0.25) is 0 Å². The fourth-order valence-electron chi connectivity index (χ4n) is 2.66. The summed E-state index contributed by atoms with van der Waals surface area (Å²) in [5.41, 5.74) is 3.10. The third-order valence-corrected chi connectivity index (χ3v) is 5.33. The van der Waals surface area contributed by atoms with Crippen LogP contribution >= 0.6 is 27.5 Å². The summed E-state index contributed by atoms with van der Waals surface area (Å²) in [6.07, 6.45) is 1.54. The number of nitrogens with one attached hydrogen (secondary N) is 1. The number of nitrogens with zero attached hydrogens (tertiary/aromatic N) is 1. The molecule has 1 amide bonds. The maximum absolute atomic E-state index is 12.5. The number of halogens is 2. The Labute approximate surface area is 188 Å². The van der Waals surface area contributed by atoms with E-state index >= 15 is 0 Å². The van der Waals surface area contributed by atoms with Crippen molar-refractivity contribution < 1.29 is 9.53 Å². The van der Waals surface area contributed by atoms with E-state index in [1.54, 1.807) is 49.4 Å². The van der Waals surface area contributed by atoms with E-state index in [4.69, 9.17) is 16.3 Å². The molecule has 0 saturated carbocycles.